The maximum Gasteiger partial charge on any atom is 0.136 e. The molecule has 0 bridgehead atoms. The summed E-state index contributed by atoms with van der Waals surface area (Å²) < 4.78 is 0. The SMILES string of the molecule is Cc1ccc(CCC(=O)C2CCNCC2)cc1C. The van der Waals surface area contributed by atoms with Crippen LogP contribution >= 0.6 is 0 Å². The van der Waals surface area contributed by atoms with Gasteiger partial charge in [-0.15, -0.1) is 0 Å². The van der Waals surface area contributed by atoms with Gasteiger partial charge < -0.3 is 5.32 Å². The molecule has 0 atom stereocenters. The molecular weight excluding hydrogens is 222 g/mol. The summed E-state index contributed by atoms with van der Waals surface area (Å²) in [6.07, 6.45) is 3.63. The zero-order chi connectivity index (χ0) is 13.0. The molecule has 0 radical (unpaired) electrons. The Balaban J connectivity index is 1.86. The Kier molecular flexibility index (Phi) is 4.54. The lowest BCUT2D eigenvalue weighted by Crippen LogP contribution is -2.31. The van der Waals surface area contributed by atoms with Gasteiger partial charge in [-0.1, -0.05) is 18.2 Å². The Hall–Kier alpha value is -1.15. The second kappa shape index (κ2) is 6.14. The highest BCUT2D eigenvalue weighted by molar-refractivity contribution is 5.81. The third kappa shape index (κ3) is 3.42. The minimum absolute atomic E-state index is 0.304. The fourth-order valence-corrected chi connectivity index (χ4v) is 2.57. The van der Waals surface area contributed by atoms with Gasteiger partial charge in [0.05, 0.1) is 0 Å². The lowest BCUT2D eigenvalue weighted by atomic mass is 9.90. The van der Waals surface area contributed by atoms with Crippen LogP contribution in [0.15, 0.2) is 18.2 Å². The Morgan fingerprint density at radius 1 is 1.22 bits per heavy atom. The first-order valence-corrected chi connectivity index (χ1v) is 6.96. The Morgan fingerprint density at radius 2 is 1.94 bits per heavy atom. The third-order valence-electron chi connectivity index (χ3n) is 4.03. The number of carbonyl (C=O) groups excluding carboxylic acids is 1. The van der Waals surface area contributed by atoms with Crippen molar-refractivity contribution in [3.63, 3.8) is 0 Å². The molecule has 1 aromatic carbocycles. The molecule has 1 N–H and O–H groups in total. The van der Waals surface area contributed by atoms with Crippen LogP contribution in [0, 0.1) is 19.8 Å². The second-order valence-corrected chi connectivity index (χ2v) is 5.41. The molecule has 2 rings (SSSR count). The van der Waals surface area contributed by atoms with Crippen LogP contribution in [0.25, 0.3) is 0 Å². The van der Waals surface area contributed by atoms with Crippen molar-refractivity contribution in [3.05, 3.63) is 34.9 Å². The van der Waals surface area contributed by atoms with Gasteiger partial charge in [-0.3, -0.25) is 4.79 Å². The molecule has 1 aliphatic heterocycles. The van der Waals surface area contributed by atoms with Gasteiger partial charge in [-0.25, -0.2) is 0 Å². The molecule has 1 fully saturated rings. The smallest absolute Gasteiger partial charge is 0.136 e. The molecule has 98 valence electrons. The van der Waals surface area contributed by atoms with Crippen molar-refractivity contribution in [3.8, 4) is 0 Å². The minimum Gasteiger partial charge on any atom is -0.317 e. The molecular formula is C16H23NO. The van der Waals surface area contributed by atoms with Crippen LogP contribution in [0.3, 0.4) is 0 Å². The molecule has 1 saturated heterocycles. The molecule has 1 aromatic rings. The number of piperidine rings is 1. The van der Waals surface area contributed by atoms with Crippen molar-refractivity contribution in [1.29, 1.82) is 0 Å². The lowest BCUT2D eigenvalue weighted by Gasteiger charge is -2.21. The van der Waals surface area contributed by atoms with Gasteiger partial charge in [-0.2, -0.15) is 0 Å². The molecule has 1 aliphatic rings. The largest absolute Gasteiger partial charge is 0.317 e. The first-order chi connectivity index (χ1) is 8.66. The van der Waals surface area contributed by atoms with E-state index in [2.05, 4.69) is 37.4 Å². The molecule has 0 aromatic heterocycles. The van der Waals surface area contributed by atoms with E-state index in [-0.39, 0.29) is 0 Å². The maximum atomic E-state index is 12.1. The number of Topliss-reactive ketones (excluding diaryl/α,β-unsaturated/α-hetero) is 1. The molecule has 1 heterocycles. The topological polar surface area (TPSA) is 29.1 Å². The van der Waals surface area contributed by atoms with E-state index >= 15 is 0 Å². The summed E-state index contributed by atoms with van der Waals surface area (Å²) in [5.74, 6) is 0.757. The Labute approximate surface area is 110 Å². The molecule has 0 aliphatic carbocycles. The number of aryl methyl sites for hydroxylation is 3. The van der Waals surface area contributed by atoms with Crippen molar-refractivity contribution < 1.29 is 4.79 Å². The van der Waals surface area contributed by atoms with Gasteiger partial charge in [0.2, 0.25) is 0 Å². The van der Waals surface area contributed by atoms with E-state index in [9.17, 15) is 4.79 Å². The van der Waals surface area contributed by atoms with E-state index in [0.29, 0.717) is 18.1 Å². The molecule has 0 amide bonds. The van der Waals surface area contributed by atoms with E-state index in [4.69, 9.17) is 0 Å². The second-order valence-electron chi connectivity index (χ2n) is 5.41. The quantitative estimate of drug-likeness (QED) is 0.883. The van der Waals surface area contributed by atoms with Gasteiger partial charge in [-0.05, 0) is 62.9 Å². The average Bonchev–Trinajstić information content (AvgIpc) is 2.41. The van der Waals surface area contributed by atoms with Crippen molar-refractivity contribution in [2.45, 2.75) is 39.5 Å². The first kappa shape index (κ1) is 13.3. The number of nitrogens with one attached hydrogen (secondary N) is 1. The van der Waals surface area contributed by atoms with Gasteiger partial charge in [0, 0.05) is 12.3 Å². The monoisotopic (exact) mass is 245 g/mol. The zero-order valence-corrected chi connectivity index (χ0v) is 11.5. The van der Waals surface area contributed by atoms with E-state index in [0.717, 1.165) is 32.4 Å². The van der Waals surface area contributed by atoms with Crippen LogP contribution in [0.4, 0.5) is 0 Å². The summed E-state index contributed by atoms with van der Waals surface area (Å²) >= 11 is 0. The Bertz CT molecular complexity index is 419. The normalized spacial score (nSPS) is 16.8. The highest BCUT2D eigenvalue weighted by Crippen LogP contribution is 2.17. The fourth-order valence-electron chi connectivity index (χ4n) is 2.57. The number of hydrogen-bond acceptors (Lipinski definition) is 2. The van der Waals surface area contributed by atoms with Crippen molar-refractivity contribution in [1.82, 2.24) is 5.32 Å². The average molecular weight is 245 g/mol. The van der Waals surface area contributed by atoms with Gasteiger partial charge in [0.15, 0.2) is 0 Å². The summed E-state index contributed by atoms with van der Waals surface area (Å²) in [6.45, 7) is 6.26. The first-order valence-electron chi connectivity index (χ1n) is 6.96. The van der Waals surface area contributed by atoms with Crippen LogP contribution in [0.1, 0.15) is 36.0 Å². The Morgan fingerprint density at radius 3 is 2.61 bits per heavy atom. The van der Waals surface area contributed by atoms with Crippen molar-refractivity contribution >= 4 is 5.78 Å². The molecule has 2 heteroatoms. The summed E-state index contributed by atoms with van der Waals surface area (Å²) in [4.78, 5) is 12.1. The molecule has 0 saturated carbocycles. The predicted molar refractivity (Wildman–Crippen MR) is 74.8 cm³/mol. The van der Waals surface area contributed by atoms with Crippen molar-refractivity contribution in [2.75, 3.05) is 13.1 Å². The van der Waals surface area contributed by atoms with E-state index in [1.54, 1.807) is 0 Å². The highest BCUT2D eigenvalue weighted by Gasteiger charge is 2.20. The molecule has 2 nitrogen and oxygen atoms in total. The van der Waals surface area contributed by atoms with Gasteiger partial charge >= 0.3 is 0 Å². The van der Waals surface area contributed by atoms with E-state index in [1.165, 1.54) is 16.7 Å². The third-order valence-corrected chi connectivity index (χ3v) is 4.03. The van der Waals surface area contributed by atoms with E-state index < -0.39 is 0 Å². The van der Waals surface area contributed by atoms with Gasteiger partial charge in [0.1, 0.15) is 5.78 Å². The lowest BCUT2D eigenvalue weighted by molar-refractivity contribution is -0.123. The van der Waals surface area contributed by atoms with Crippen LogP contribution in [-0.2, 0) is 11.2 Å². The number of carbonyl (C=O) groups is 1. The number of ketones is 1. The van der Waals surface area contributed by atoms with E-state index in [1.807, 2.05) is 0 Å². The van der Waals surface area contributed by atoms with Gasteiger partial charge in [0.25, 0.3) is 0 Å². The van der Waals surface area contributed by atoms with Crippen LogP contribution in [-0.4, -0.2) is 18.9 Å². The van der Waals surface area contributed by atoms with Crippen LogP contribution < -0.4 is 5.32 Å². The maximum absolute atomic E-state index is 12.1. The summed E-state index contributed by atoms with van der Waals surface area (Å²) in [5.41, 5.74) is 3.94. The number of benzene rings is 1. The molecule has 0 unspecified atom stereocenters. The summed E-state index contributed by atoms with van der Waals surface area (Å²) in [5, 5.41) is 3.30. The predicted octanol–water partition coefficient (Wildman–Crippen LogP) is 2.80. The summed E-state index contributed by atoms with van der Waals surface area (Å²) in [6, 6.07) is 6.52. The summed E-state index contributed by atoms with van der Waals surface area (Å²) in [7, 11) is 0. The number of rotatable bonds is 4. The molecule has 18 heavy (non-hydrogen) atoms. The zero-order valence-electron chi connectivity index (χ0n) is 11.5. The van der Waals surface area contributed by atoms with Crippen LogP contribution in [0.5, 0.6) is 0 Å². The standard InChI is InChI=1S/C16H23NO/c1-12-3-4-14(11-13(12)2)5-6-16(18)15-7-9-17-10-8-15/h3-4,11,15,17H,5-10H2,1-2H3. The number of hydrogen-bond donors (Lipinski definition) is 1. The van der Waals surface area contributed by atoms with Crippen molar-refractivity contribution in [2.24, 2.45) is 5.92 Å². The minimum atomic E-state index is 0.304. The highest BCUT2D eigenvalue weighted by atomic mass is 16.1. The molecule has 0 spiro atoms. The van der Waals surface area contributed by atoms with Crippen LogP contribution in [0.2, 0.25) is 0 Å². The fraction of sp³-hybridized carbons (Fsp3) is 0.562.